The van der Waals surface area contributed by atoms with Gasteiger partial charge in [0.25, 0.3) is 0 Å². The lowest BCUT2D eigenvalue weighted by atomic mass is 9.55. The van der Waals surface area contributed by atoms with Crippen molar-refractivity contribution < 1.29 is 49.7 Å². The van der Waals surface area contributed by atoms with Crippen molar-refractivity contribution in [3.05, 3.63) is 118 Å². The maximum absolute atomic E-state index is 15.4. The van der Waals surface area contributed by atoms with Crippen molar-refractivity contribution in [1.82, 2.24) is 4.98 Å². The van der Waals surface area contributed by atoms with Crippen LogP contribution < -0.4 is 10.1 Å². The van der Waals surface area contributed by atoms with Gasteiger partial charge in [-0.05, 0) is 95.9 Å². The molecule has 3 spiro atoms. The third-order valence-electron chi connectivity index (χ3n) is 15.7. The minimum absolute atomic E-state index is 0.0123. The van der Waals surface area contributed by atoms with Crippen LogP contribution in [0.5, 0.6) is 5.75 Å². The minimum Gasteiger partial charge on any atom is -0.511 e. The summed E-state index contributed by atoms with van der Waals surface area (Å²) in [5.41, 5.74) is 0.637. The Morgan fingerprint density at radius 3 is 2.55 bits per heavy atom. The maximum atomic E-state index is 15.4. The van der Waals surface area contributed by atoms with Crippen LogP contribution in [-0.4, -0.2) is 95.1 Å². The van der Waals surface area contributed by atoms with Gasteiger partial charge in [-0.15, -0.1) is 0 Å². The highest BCUT2D eigenvalue weighted by molar-refractivity contribution is 8.77. The van der Waals surface area contributed by atoms with Crippen LogP contribution in [0.2, 0.25) is 0 Å². The van der Waals surface area contributed by atoms with E-state index in [4.69, 9.17) is 14.5 Å². The Balaban J connectivity index is 1.07. The van der Waals surface area contributed by atoms with E-state index in [0.29, 0.717) is 30.7 Å². The number of rotatable bonds is 4. The number of nitrogens with zero attached hydrogens (tertiary/aromatic N) is 1. The molecule has 3 aromatic rings. The van der Waals surface area contributed by atoms with Crippen molar-refractivity contribution in [2.45, 2.75) is 105 Å². The van der Waals surface area contributed by atoms with E-state index in [1.807, 2.05) is 30.3 Å². The molecule has 10 unspecified atom stereocenters. The number of aliphatic hydroxyl groups is 6. The summed E-state index contributed by atoms with van der Waals surface area (Å²) in [4.78, 5) is 35.1. The second-order valence-corrected chi connectivity index (χ2v) is 21.4. The van der Waals surface area contributed by atoms with E-state index in [-0.39, 0.29) is 58.1 Å². The molecule has 1 saturated heterocycles. The second-order valence-electron chi connectivity index (χ2n) is 18.8. The predicted octanol–water partition coefficient (Wildman–Crippen LogP) is 5.96. The van der Waals surface area contributed by atoms with E-state index >= 15 is 4.79 Å². The Morgan fingerprint density at radius 2 is 1.74 bits per heavy atom. The molecule has 12 nitrogen and oxygen atoms in total. The van der Waals surface area contributed by atoms with Crippen molar-refractivity contribution in [3.63, 3.8) is 0 Å². The lowest BCUT2D eigenvalue weighted by molar-refractivity contribution is -0.318. The Bertz CT molecular complexity index is 2480. The van der Waals surface area contributed by atoms with Gasteiger partial charge in [0.1, 0.15) is 46.7 Å². The number of nitrogens with one attached hydrogen (secondary N) is 1. The number of Topliss-reactive ketones (excluding diaryl/α,β-unsaturated/α-hetero) is 2. The number of aromatic nitrogens is 1. The van der Waals surface area contributed by atoms with Gasteiger partial charge in [0.2, 0.25) is 6.29 Å². The number of carbonyl (C=O) groups is 2. The van der Waals surface area contributed by atoms with E-state index in [2.05, 4.69) is 11.4 Å². The van der Waals surface area contributed by atoms with Crippen LogP contribution in [0.15, 0.2) is 84.3 Å². The summed E-state index contributed by atoms with van der Waals surface area (Å²) >= 11 is 0. The first-order valence-corrected chi connectivity index (χ1v) is 24.1. The summed E-state index contributed by atoms with van der Waals surface area (Å²) in [6.07, 6.45) is 7.73. The quantitative estimate of drug-likeness (QED) is 0.152. The SMILES string of the molecule is O=C1c2cccc3c2C(=O)C2(CSSC4CC5=CC6C7(CCCC7)CCC6(CC6(O)C(O)C(CO)OC(O3)C6O)c3ccnc(c35)N4)C(O)=CC(Cc3cccc(CO)c3)=CC12. The van der Waals surface area contributed by atoms with Gasteiger partial charge >= 0.3 is 0 Å². The first-order chi connectivity index (χ1) is 29.9. The van der Waals surface area contributed by atoms with Gasteiger partial charge in [-0.25, -0.2) is 4.98 Å². The molecule has 5 aliphatic carbocycles. The van der Waals surface area contributed by atoms with Gasteiger partial charge in [0, 0.05) is 34.9 Å². The highest BCUT2D eigenvalue weighted by Gasteiger charge is 2.66. The van der Waals surface area contributed by atoms with E-state index in [9.17, 15) is 35.4 Å². The van der Waals surface area contributed by atoms with Gasteiger partial charge < -0.3 is 45.4 Å². The molecule has 13 rings (SSSR count). The third-order valence-corrected chi connectivity index (χ3v) is 18.4. The average Bonchev–Trinajstić information content (AvgIpc) is 3.88. The molecule has 10 aliphatic rings. The zero-order valence-corrected chi connectivity index (χ0v) is 35.7. The largest absolute Gasteiger partial charge is 0.511 e. The topological polar surface area (TPSA) is 199 Å². The van der Waals surface area contributed by atoms with E-state index in [1.54, 1.807) is 41.3 Å². The number of aliphatic hydroxyl groups excluding tert-OH is 5. The van der Waals surface area contributed by atoms with Crippen LogP contribution in [0.25, 0.3) is 5.57 Å². The minimum atomic E-state index is -2.26. The molecule has 2 aromatic carbocycles. The summed E-state index contributed by atoms with van der Waals surface area (Å²) in [5, 5.41) is 73.6. The number of carbonyl (C=O) groups excluding carboxylic acids is 2. The van der Waals surface area contributed by atoms with Crippen molar-refractivity contribution in [2.24, 2.45) is 22.7 Å². The maximum Gasteiger partial charge on any atom is 0.229 e. The monoisotopic (exact) mass is 878 g/mol. The molecule has 62 heavy (non-hydrogen) atoms. The molecule has 0 amide bonds. The lowest BCUT2D eigenvalue weighted by Crippen LogP contribution is -2.70. The number of pyridine rings is 1. The second kappa shape index (κ2) is 14.8. The standard InChI is InChI=1S/C48H50N2O10S2/c51-21-26-6-3-5-25(15-26)16-27-17-31-39(54)29-7-4-8-32-38(29)41(56)47(31,35(53)18-27)24-61-62-36-20-28-19-34-45(10-1-2-11-45)12-13-46(34,30-9-14-49-43(50-36)37(28)30)23-48(58)40(55)33(22-52)60-44(59-32)42(48)57/h3-9,14-15,17-19,31,33-34,36,40,42,44,51-53,55,57-58H,1-2,10-13,16,20-24H2,(H,49,50). The van der Waals surface area contributed by atoms with Crippen LogP contribution >= 0.6 is 21.6 Å². The molecule has 5 aliphatic heterocycles. The molecule has 10 atom stereocenters. The molecule has 324 valence electrons. The average molecular weight is 879 g/mol. The number of ether oxygens (including phenoxy) is 2. The number of hydrogen-bond donors (Lipinski definition) is 7. The van der Waals surface area contributed by atoms with Crippen molar-refractivity contribution >= 4 is 44.5 Å². The molecular formula is C48H50N2O10S2. The van der Waals surface area contributed by atoms with E-state index in [1.165, 1.54) is 16.9 Å². The van der Waals surface area contributed by atoms with Crippen molar-refractivity contribution in [1.29, 1.82) is 0 Å². The molecule has 1 aromatic heterocycles. The highest BCUT2D eigenvalue weighted by Crippen LogP contribution is 2.69. The van der Waals surface area contributed by atoms with Crippen LogP contribution in [0.4, 0.5) is 5.82 Å². The van der Waals surface area contributed by atoms with Crippen LogP contribution in [0, 0.1) is 22.7 Å². The van der Waals surface area contributed by atoms with Crippen molar-refractivity contribution in [2.75, 3.05) is 17.7 Å². The van der Waals surface area contributed by atoms with E-state index < -0.39 is 65.1 Å². The molecule has 14 heteroatoms. The van der Waals surface area contributed by atoms with Crippen LogP contribution in [-0.2, 0) is 23.2 Å². The Kier molecular flexibility index (Phi) is 9.72. The number of benzene rings is 2. The number of allylic oxidation sites excluding steroid dienone is 5. The predicted molar refractivity (Wildman–Crippen MR) is 233 cm³/mol. The van der Waals surface area contributed by atoms with Crippen molar-refractivity contribution in [3.8, 4) is 5.75 Å². The fraction of sp³-hybridized carbons (Fsp3) is 0.479. The summed E-state index contributed by atoms with van der Waals surface area (Å²) < 4.78 is 12.5. The van der Waals surface area contributed by atoms with Gasteiger partial charge in [-0.2, -0.15) is 0 Å². The fourth-order valence-electron chi connectivity index (χ4n) is 12.8. The highest BCUT2D eigenvalue weighted by atomic mass is 33.1. The molecule has 7 N–H and O–H groups in total. The number of hydrogen-bond acceptors (Lipinski definition) is 14. The smallest absolute Gasteiger partial charge is 0.229 e. The molecule has 6 heterocycles. The zero-order valence-electron chi connectivity index (χ0n) is 34.0. The molecular weight excluding hydrogens is 829 g/mol. The zero-order chi connectivity index (χ0) is 42.8. The number of anilines is 1. The lowest BCUT2D eigenvalue weighted by Gasteiger charge is -2.54. The van der Waals surface area contributed by atoms with Crippen LogP contribution in [0.1, 0.15) is 94.3 Å². The first kappa shape index (κ1) is 40.8. The first-order valence-electron chi connectivity index (χ1n) is 21.7. The molecule has 10 bridgehead atoms. The van der Waals surface area contributed by atoms with Gasteiger partial charge in [-0.3, -0.25) is 9.59 Å². The molecule has 3 fully saturated rings. The third kappa shape index (κ3) is 5.80. The number of ketones is 2. The normalized spacial score (nSPS) is 36.4. The summed E-state index contributed by atoms with van der Waals surface area (Å²) in [5.74, 6) is -1.65. The molecule has 0 radical (unpaired) electrons. The van der Waals surface area contributed by atoms with Gasteiger partial charge in [-0.1, -0.05) is 83.0 Å². The Morgan fingerprint density at radius 1 is 0.935 bits per heavy atom. The summed E-state index contributed by atoms with van der Waals surface area (Å²) in [6, 6.07) is 14.1. The summed E-state index contributed by atoms with van der Waals surface area (Å²) in [6.45, 7) is -0.831. The van der Waals surface area contributed by atoms with Crippen LogP contribution in [0.3, 0.4) is 0 Å². The fourth-order valence-corrected chi connectivity index (χ4v) is 15.7. The van der Waals surface area contributed by atoms with Gasteiger partial charge in [0.15, 0.2) is 11.6 Å². The molecule has 2 saturated carbocycles. The summed E-state index contributed by atoms with van der Waals surface area (Å²) in [7, 11) is 2.95. The van der Waals surface area contributed by atoms with Gasteiger partial charge in [0.05, 0.1) is 30.1 Å². The Hall–Kier alpha value is -3.99. The van der Waals surface area contributed by atoms with E-state index in [0.717, 1.165) is 59.9 Å². The Labute approximate surface area is 366 Å².